The summed E-state index contributed by atoms with van der Waals surface area (Å²) in [5.74, 6) is 1.57. The van der Waals surface area contributed by atoms with E-state index in [9.17, 15) is 4.79 Å². The molecule has 0 radical (unpaired) electrons. The molecule has 2 atom stereocenters. The Kier molecular flexibility index (Phi) is 2.77. The molecule has 2 aromatic carbocycles. The lowest BCUT2D eigenvalue weighted by Gasteiger charge is -2.37. The van der Waals surface area contributed by atoms with Crippen LogP contribution in [0, 0.1) is 6.92 Å². The normalized spacial score (nSPS) is 21.2. The summed E-state index contributed by atoms with van der Waals surface area (Å²) in [6, 6.07) is 13.4. The number of ether oxygens (including phenoxy) is 2. The lowest BCUT2D eigenvalue weighted by molar-refractivity contribution is 0.0155. The largest absolute Gasteiger partial charge is 0.482 e. The van der Waals surface area contributed by atoms with Gasteiger partial charge < -0.3 is 13.9 Å². The molecule has 0 fully saturated rings. The number of hydrogen-bond acceptors (Lipinski definition) is 4. The van der Waals surface area contributed by atoms with Crippen molar-refractivity contribution in [2.24, 2.45) is 0 Å². The van der Waals surface area contributed by atoms with Gasteiger partial charge in [-0.15, -0.1) is 0 Å². The zero-order valence-corrected chi connectivity index (χ0v) is 13.2. The average molecular weight is 320 g/mol. The molecule has 5 rings (SSSR count). The molecule has 1 aliphatic carbocycles. The minimum Gasteiger partial charge on any atom is -0.482 e. The van der Waals surface area contributed by atoms with E-state index in [1.54, 1.807) is 0 Å². The molecule has 1 aromatic heterocycles. The number of benzene rings is 2. The quantitative estimate of drug-likeness (QED) is 0.596. The molecule has 0 saturated carbocycles. The van der Waals surface area contributed by atoms with Crippen LogP contribution in [0.15, 0.2) is 51.7 Å². The highest BCUT2D eigenvalue weighted by Crippen LogP contribution is 2.39. The molecule has 0 saturated heterocycles. The third-order valence-electron chi connectivity index (χ3n) is 4.97. The zero-order valence-electron chi connectivity index (χ0n) is 13.2. The van der Waals surface area contributed by atoms with Gasteiger partial charge in [0.25, 0.3) is 0 Å². The van der Waals surface area contributed by atoms with Crippen molar-refractivity contribution in [1.82, 2.24) is 0 Å². The summed E-state index contributed by atoms with van der Waals surface area (Å²) < 4.78 is 17.8. The Hall–Kier alpha value is -2.75. The summed E-state index contributed by atoms with van der Waals surface area (Å²) in [7, 11) is 0. The van der Waals surface area contributed by atoms with E-state index < -0.39 is 0 Å². The standard InChI is InChI=1S/C20H16O4/c1-11-8-19(21)24-20-13(11)7-6-12-9-17-18(10-14(12)20)23-16-5-3-2-4-15(16)22-17/h2-8,17-18H,9-10H2,1H3. The van der Waals surface area contributed by atoms with Gasteiger partial charge in [-0.05, 0) is 30.2 Å². The SMILES string of the molecule is Cc1cc(=O)oc2c3c(ccc12)CC1Oc2ccccc2OC1C3. The number of aryl methyl sites for hydroxylation is 1. The van der Waals surface area contributed by atoms with Gasteiger partial charge in [-0.2, -0.15) is 0 Å². The Labute approximate surface area is 138 Å². The van der Waals surface area contributed by atoms with E-state index in [4.69, 9.17) is 13.9 Å². The fourth-order valence-electron chi connectivity index (χ4n) is 3.78. The third kappa shape index (κ3) is 1.96. The fourth-order valence-corrected chi connectivity index (χ4v) is 3.78. The van der Waals surface area contributed by atoms with Crippen LogP contribution in [-0.2, 0) is 12.8 Å². The molecule has 0 N–H and O–H groups in total. The van der Waals surface area contributed by atoms with E-state index in [1.807, 2.05) is 37.3 Å². The van der Waals surface area contributed by atoms with E-state index in [1.165, 1.54) is 11.6 Å². The predicted octanol–water partition coefficient (Wildman–Crippen LogP) is 3.41. The molecule has 0 spiro atoms. The van der Waals surface area contributed by atoms with Crippen molar-refractivity contribution in [3.05, 3.63) is 69.6 Å². The third-order valence-corrected chi connectivity index (χ3v) is 4.97. The van der Waals surface area contributed by atoms with Crippen LogP contribution < -0.4 is 15.1 Å². The minimum atomic E-state index is -0.304. The first-order chi connectivity index (χ1) is 11.7. The van der Waals surface area contributed by atoms with E-state index in [0.717, 1.165) is 34.4 Å². The van der Waals surface area contributed by atoms with Crippen LogP contribution in [0.25, 0.3) is 11.0 Å². The second-order valence-electron chi connectivity index (χ2n) is 6.50. The van der Waals surface area contributed by atoms with E-state index in [0.29, 0.717) is 12.0 Å². The average Bonchev–Trinajstić information content (AvgIpc) is 2.58. The van der Waals surface area contributed by atoms with Crippen molar-refractivity contribution in [3.63, 3.8) is 0 Å². The molecular formula is C20H16O4. The summed E-state index contributed by atoms with van der Waals surface area (Å²) in [5.41, 5.74) is 3.57. The highest BCUT2D eigenvalue weighted by Gasteiger charge is 2.37. The maximum Gasteiger partial charge on any atom is 0.336 e. The van der Waals surface area contributed by atoms with Crippen LogP contribution in [0.1, 0.15) is 16.7 Å². The van der Waals surface area contributed by atoms with Crippen molar-refractivity contribution in [2.45, 2.75) is 32.0 Å². The molecule has 1 aliphatic heterocycles. The molecule has 24 heavy (non-hydrogen) atoms. The summed E-state index contributed by atoms with van der Waals surface area (Å²) in [4.78, 5) is 11.8. The van der Waals surface area contributed by atoms with Gasteiger partial charge in [0.15, 0.2) is 11.5 Å². The highest BCUT2D eigenvalue weighted by molar-refractivity contribution is 5.84. The lowest BCUT2D eigenvalue weighted by Crippen LogP contribution is -2.45. The van der Waals surface area contributed by atoms with Crippen LogP contribution in [0.5, 0.6) is 11.5 Å². The van der Waals surface area contributed by atoms with E-state index in [2.05, 4.69) is 6.07 Å². The molecule has 2 heterocycles. The predicted molar refractivity (Wildman–Crippen MR) is 89.9 cm³/mol. The first kappa shape index (κ1) is 13.7. The number of hydrogen-bond donors (Lipinski definition) is 0. The molecule has 0 bridgehead atoms. The monoisotopic (exact) mass is 320 g/mol. The van der Waals surface area contributed by atoms with Crippen LogP contribution >= 0.6 is 0 Å². The summed E-state index contributed by atoms with van der Waals surface area (Å²) in [5, 5.41) is 0.990. The number of rotatable bonds is 0. The zero-order chi connectivity index (χ0) is 16.3. The van der Waals surface area contributed by atoms with Gasteiger partial charge in [-0.1, -0.05) is 24.3 Å². The summed E-state index contributed by atoms with van der Waals surface area (Å²) >= 11 is 0. The van der Waals surface area contributed by atoms with Crippen LogP contribution in [-0.4, -0.2) is 12.2 Å². The molecule has 4 nitrogen and oxygen atoms in total. The molecule has 0 amide bonds. The number of para-hydroxylation sites is 2. The maximum atomic E-state index is 11.8. The van der Waals surface area contributed by atoms with E-state index in [-0.39, 0.29) is 17.8 Å². The van der Waals surface area contributed by atoms with Gasteiger partial charge in [0.1, 0.15) is 17.8 Å². The van der Waals surface area contributed by atoms with Crippen LogP contribution in [0.2, 0.25) is 0 Å². The van der Waals surface area contributed by atoms with Gasteiger partial charge in [-0.3, -0.25) is 0 Å². The second kappa shape index (κ2) is 4.87. The van der Waals surface area contributed by atoms with Crippen molar-refractivity contribution in [3.8, 4) is 11.5 Å². The summed E-state index contributed by atoms with van der Waals surface area (Å²) in [6.07, 6.45) is 1.35. The van der Waals surface area contributed by atoms with E-state index >= 15 is 0 Å². The Morgan fingerprint density at radius 3 is 2.42 bits per heavy atom. The van der Waals surface area contributed by atoms with Gasteiger partial charge in [0.05, 0.1) is 0 Å². The molecule has 2 aliphatic rings. The van der Waals surface area contributed by atoms with Gasteiger partial charge >= 0.3 is 5.63 Å². The fraction of sp³-hybridized carbons (Fsp3) is 0.250. The van der Waals surface area contributed by atoms with Crippen molar-refractivity contribution < 1.29 is 13.9 Å². The Bertz CT molecular complexity index is 1020. The smallest absolute Gasteiger partial charge is 0.336 e. The Balaban J connectivity index is 1.63. The van der Waals surface area contributed by atoms with Gasteiger partial charge in [0, 0.05) is 29.9 Å². The molecule has 120 valence electrons. The molecular weight excluding hydrogens is 304 g/mol. The molecule has 4 heteroatoms. The van der Waals surface area contributed by atoms with Gasteiger partial charge in [-0.25, -0.2) is 4.79 Å². The number of fused-ring (bicyclic) bond motifs is 5. The van der Waals surface area contributed by atoms with Crippen molar-refractivity contribution >= 4 is 11.0 Å². The lowest BCUT2D eigenvalue weighted by atomic mass is 9.85. The second-order valence-corrected chi connectivity index (χ2v) is 6.50. The van der Waals surface area contributed by atoms with Crippen LogP contribution in [0.4, 0.5) is 0 Å². The highest BCUT2D eigenvalue weighted by atomic mass is 16.6. The molecule has 3 aromatic rings. The topological polar surface area (TPSA) is 48.7 Å². The first-order valence-electron chi connectivity index (χ1n) is 8.16. The minimum absolute atomic E-state index is 0.0126. The molecule has 2 unspecified atom stereocenters. The summed E-state index contributed by atoms with van der Waals surface area (Å²) in [6.45, 7) is 1.94. The maximum absolute atomic E-state index is 11.8. The first-order valence-corrected chi connectivity index (χ1v) is 8.16. The van der Waals surface area contributed by atoms with Crippen molar-refractivity contribution in [1.29, 1.82) is 0 Å². The van der Waals surface area contributed by atoms with Crippen molar-refractivity contribution in [2.75, 3.05) is 0 Å². The Morgan fingerprint density at radius 2 is 1.67 bits per heavy atom. The van der Waals surface area contributed by atoms with Crippen LogP contribution in [0.3, 0.4) is 0 Å². The van der Waals surface area contributed by atoms with Gasteiger partial charge in [0.2, 0.25) is 0 Å². The Morgan fingerprint density at radius 1 is 0.958 bits per heavy atom.